The number of esters is 3. The zero-order valence-electron chi connectivity index (χ0n) is 48.8. The fourth-order valence-corrected chi connectivity index (χ4v) is 8.92. The maximum absolute atomic E-state index is 12.9. The lowest BCUT2D eigenvalue weighted by Gasteiger charge is -2.18. The highest BCUT2D eigenvalue weighted by atomic mass is 16.6. The molecule has 0 N–H and O–H groups in total. The molecule has 0 saturated heterocycles. The second-order valence-electron chi connectivity index (χ2n) is 20.9. The van der Waals surface area contributed by atoms with Gasteiger partial charge in [-0.25, -0.2) is 0 Å². The summed E-state index contributed by atoms with van der Waals surface area (Å²) in [5.41, 5.74) is 0. The molecule has 0 amide bonds. The molecule has 0 radical (unpaired) electrons. The van der Waals surface area contributed by atoms with E-state index in [0.29, 0.717) is 19.3 Å². The second kappa shape index (κ2) is 62.1. The lowest BCUT2D eigenvalue weighted by atomic mass is 10.0. The average Bonchev–Trinajstić information content (AvgIpc) is 3.40. The van der Waals surface area contributed by atoms with Crippen LogP contribution in [0.4, 0.5) is 0 Å². The normalized spacial score (nSPS) is 12.6. The van der Waals surface area contributed by atoms with Crippen LogP contribution in [0.15, 0.2) is 85.1 Å². The molecule has 0 aliphatic rings. The number of carbonyl (C=O) groups excluding carboxylic acids is 3. The van der Waals surface area contributed by atoms with Gasteiger partial charge in [-0.15, -0.1) is 0 Å². The predicted octanol–water partition coefficient (Wildman–Crippen LogP) is 21.5. The summed E-state index contributed by atoms with van der Waals surface area (Å²) in [6, 6.07) is 0. The van der Waals surface area contributed by atoms with E-state index in [1.54, 1.807) is 0 Å². The molecule has 0 bridgehead atoms. The minimum absolute atomic E-state index is 0.0941. The summed E-state index contributed by atoms with van der Waals surface area (Å²) in [6.45, 7) is 6.50. The van der Waals surface area contributed by atoms with Crippen molar-refractivity contribution in [1.82, 2.24) is 0 Å². The fraction of sp³-hybridized carbons (Fsp3) is 0.750. The Morgan fingerprint density at radius 1 is 0.284 bits per heavy atom. The summed E-state index contributed by atoms with van der Waals surface area (Å²) in [4.78, 5) is 38.3. The van der Waals surface area contributed by atoms with Crippen LogP contribution >= 0.6 is 0 Å². The van der Waals surface area contributed by atoms with Gasteiger partial charge in [0.1, 0.15) is 13.2 Å². The van der Waals surface area contributed by atoms with E-state index in [1.807, 2.05) is 0 Å². The van der Waals surface area contributed by atoms with Crippen LogP contribution in [0, 0.1) is 0 Å². The highest BCUT2D eigenvalue weighted by Crippen LogP contribution is 2.17. The quantitative estimate of drug-likeness (QED) is 0.0261. The van der Waals surface area contributed by atoms with E-state index in [0.717, 1.165) is 83.5 Å². The van der Waals surface area contributed by atoms with Gasteiger partial charge in [-0.3, -0.25) is 14.4 Å². The summed E-state index contributed by atoms with van der Waals surface area (Å²) >= 11 is 0. The molecule has 0 aromatic carbocycles. The van der Waals surface area contributed by atoms with E-state index in [9.17, 15) is 14.4 Å². The lowest BCUT2D eigenvalue weighted by molar-refractivity contribution is -0.167. The molecule has 0 aromatic rings. The van der Waals surface area contributed by atoms with Crippen molar-refractivity contribution < 1.29 is 28.6 Å². The molecule has 0 saturated carbocycles. The molecule has 0 fully saturated rings. The number of hydrogen-bond acceptors (Lipinski definition) is 6. The van der Waals surface area contributed by atoms with Gasteiger partial charge in [-0.1, -0.05) is 286 Å². The first kappa shape index (κ1) is 70.6. The van der Waals surface area contributed by atoms with Gasteiger partial charge < -0.3 is 14.2 Å². The van der Waals surface area contributed by atoms with Crippen LogP contribution in [-0.2, 0) is 28.6 Å². The minimum atomic E-state index is -0.801. The standard InChI is InChI=1S/C68H118O6/c1-4-7-10-13-16-19-22-25-28-31-33-34-35-38-40-43-46-49-52-55-58-61-67(70)73-64-65(63-72-66(69)60-57-54-51-48-45-42-39-36-30-27-24-21-18-15-12-9-6-3)74-68(71)62-59-56-53-50-47-44-41-37-32-29-26-23-20-17-14-11-8-5-2/h9,12,18,21-22,25,27,30-31,33,39,42,48,51,65H,4-8,10-11,13-17,19-20,23-24,26,28-29,32,34-38,40-41,43-47,49-50,52-64H2,1-3H3/b12-9-,21-18-,25-22-,30-27-,33-31-,42-39-,51-48-. The Bertz CT molecular complexity index is 1420. The molecule has 0 heterocycles. The molecule has 0 aliphatic heterocycles. The Balaban J connectivity index is 4.43. The van der Waals surface area contributed by atoms with Crippen LogP contribution in [0.1, 0.15) is 310 Å². The van der Waals surface area contributed by atoms with E-state index in [2.05, 4.69) is 106 Å². The number of ether oxygens (including phenoxy) is 3. The molecule has 0 spiro atoms. The van der Waals surface area contributed by atoms with Crippen LogP contribution in [0.2, 0.25) is 0 Å². The molecule has 6 nitrogen and oxygen atoms in total. The van der Waals surface area contributed by atoms with Gasteiger partial charge in [0.05, 0.1) is 0 Å². The van der Waals surface area contributed by atoms with Gasteiger partial charge in [0.15, 0.2) is 6.10 Å². The molecule has 6 heteroatoms. The van der Waals surface area contributed by atoms with Crippen molar-refractivity contribution in [3.63, 3.8) is 0 Å². The number of hydrogen-bond donors (Lipinski definition) is 0. The third kappa shape index (κ3) is 59.5. The van der Waals surface area contributed by atoms with E-state index in [1.165, 1.54) is 180 Å². The van der Waals surface area contributed by atoms with Crippen molar-refractivity contribution >= 4 is 17.9 Å². The minimum Gasteiger partial charge on any atom is -0.462 e. The Kier molecular flexibility index (Phi) is 59.3. The SMILES string of the molecule is CC/C=C\C/C=C\C/C=C\C/C=C\C/C=C\CCCC(=O)OCC(COC(=O)CCCCCCCCCCC/C=C\C/C=C\CCCCCCC)OC(=O)CCCCCCCCCCCCCCCCCCCC. The first-order chi connectivity index (χ1) is 36.5. The first-order valence-corrected chi connectivity index (χ1v) is 31.6. The molecular formula is C68H118O6. The molecule has 0 aromatic heterocycles. The molecule has 74 heavy (non-hydrogen) atoms. The average molecular weight is 1030 g/mol. The third-order valence-corrected chi connectivity index (χ3v) is 13.6. The van der Waals surface area contributed by atoms with E-state index in [-0.39, 0.29) is 37.5 Å². The zero-order valence-corrected chi connectivity index (χ0v) is 48.8. The van der Waals surface area contributed by atoms with Crippen molar-refractivity contribution in [2.45, 2.75) is 316 Å². The van der Waals surface area contributed by atoms with Gasteiger partial charge in [0.2, 0.25) is 0 Å². The van der Waals surface area contributed by atoms with Crippen molar-refractivity contribution in [2.24, 2.45) is 0 Å². The van der Waals surface area contributed by atoms with Crippen molar-refractivity contribution in [3.05, 3.63) is 85.1 Å². The molecular weight excluding hydrogens is 913 g/mol. The highest BCUT2D eigenvalue weighted by molar-refractivity contribution is 5.71. The van der Waals surface area contributed by atoms with Crippen molar-refractivity contribution in [3.8, 4) is 0 Å². The Labute approximate surface area is 458 Å². The van der Waals surface area contributed by atoms with Gasteiger partial charge in [0.25, 0.3) is 0 Å². The van der Waals surface area contributed by atoms with Gasteiger partial charge >= 0.3 is 17.9 Å². The molecule has 426 valence electrons. The molecule has 0 rings (SSSR count). The third-order valence-electron chi connectivity index (χ3n) is 13.6. The van der Waals surface area contributed by atoms with E-state index in [4.69, 9.17) is 14.2 Å². The maximum atomic E-state index is 12.9. The highest BCUT2D eigenvalue weighted by Gasteiger charge is 2.19. The van der Waals surface area contributed by atoms with Gasteiger partial charge in [-0.05, 0) is 89.9 Å². The summed E-state index contributed by atoms with van der Waals surface area (Å²) in [7, 11) is 0. The number of rotatable bonds is 57. The van der Waals surface area contributed by atoms with Crippen LogP contribution in [0.3, 0.4) is 0 Å². The number of carbonyl (C=O) groups is 3. The molecule has 1 atom stereocenters. The zero-order chi connectivity index (χ0) is 53.6. The largest absolute Gasteiger partial charge is 0.462 e. The Morgan fingerprint density at radius 3 is 0.878 bits per heavy atom. The monoisotopic (exact) mass is 1030 g/mol. The molecule has 1 unspecified atom stereocenters. The summed E-state index contributed by atoms with van der Waals surface area (Å²) in [6.07, 6.45) is 81.6. The Morgan fingerprint density at radius 2 is 0.541 bits per heavy atom. The van der Waals surface area contributed by atoms with Crippen molar-refractivity contribution in [2.75, 3.05) is 13.2 Å². The first-order valence-electron chi connectivity index (χ1n) is 31.6. The summed E-state index contributed by atoms with van der Waals surface area (Å²) in [5.74, 6) is -0.945. The van der Waals surface area contributed by atoms with Crippen LogP contribution in [0.25, 0.3) is 0 Å². The van der Waals surface area contributed by atoms with Crippen molar-refractivity contribution in [1.29, 1.82) is 0 Å². The van der Waals surface area contributed by atoms with E-state index >= 15 is 0 Å². The summed E-state index contributed by atoms with van der Waals surface area (Å²) < 4.78 is 16.9. The van der Waals surface area contributed by atoms with Crippen LogP contribution < -0.4 is 0 Å². The lowest BCUT2D eigenvalue weighted by Crippen LogP contribution is -2.30. The smallest absolute Gasteiger partial charge is 0.306 e. The summed E-state index contributed by atoms with van der Waals surface area (Å²) in [5, 5.41) is 0. The van der Waals surface area contributed by atoms with Crippen LogP contribution in [0.5, 0.6) is 0 Å². The fourth-order valence-electron chi connectivity index (χ4n) is 8.92. The number of unbranched alkanes of at least 4 members (excludes halogenated alkanes) is 32. The topological polar surface area (TPSA) is 78.9 Å². The second-order valence-corrected chi connectivity index (χ2v) is 20.9. The number of allylic oxidation sites excluding steroid dienone is 14. The van der Waals surface area contributed by atoms with Crippen LogP contribution in [-0.4, -0.2) is 37.2 Å². The Hall–Kier alpha value is -3.41. The van der Waals surface area contributed by atoms with E-state index < -0.39 is 6.10 Å². The maximum Gasteiger partial charge on any atom is 0.306 e. The van der Waals surface area contributed by atoms with Gasteiger partial charge in [0, 0.05) is 19.3 Å². The van der Waals surface area contributed by atoms with Gasteiger partial charge in [-0.2, -0.15) is 0 Å². The predicted molar refractivity (Wildman–Crippen MR) is 321 cm³/mol. The molecule has 0 aliphatic carbocycles.